The van der Waals surface area contributed by atoms with E-state index in [4.69, 9.17) is 0 Å². The molecule has 114 valence electrons. The second kappa shape index (κ2) is 4.32. The molecule has 4 aliphatic rings. The van der Waals surface area contributed by atoms with Gasteiger partial charge in [0.1, 0.15) is 0 Å². The third kappa shape index (κ3) is 2.09. The fourth-order valence-electron chi connectivity index (χ4n) is 5.60. The van der Waals surface area contributed by atoms with Gasteiger partial charge in [-0.05, 0) is 62.7 Å². The lowest BCUT2D eigenvalue weighted by Crippen LogP contribution is -2.61. The van der Waals surface area contributed by atoms with Crippen LogP contribution in [0.4, 0.5) is 0 Å². The monoisotopic (exact) mass is 289 g/mol. The molecule has 4 aliphatic carbocycles. The van der Waals surface area contributed by atoms with Crippen molar-refractivity contribution in [2.24, 2.45) is 17.3 Å². The Bertz CT molecular complexity index is 540. The van der Waals surface area contributed by atoms with E-state index in [0.717, 1.165) is 32.1 Å². The van der Waals surface area contributed by atoms with Gasteiger partial charge in [-0.15, -0.1) is 0 Å². The Hall–Kier alpha value is -1.36. The molecule has 4 saturated carbocycles. The van der Waals surface area contributed by atoms with Crippen molar-refractivity contribution in [2.45, 2.75) is 57.1 Å². The molecule has 3 N–H and O–H groups in total. The van der Waals surface area contributed by atoms with Crippen LogP contribution in [0.25, 0.3) is 0 Å². The number of aliphatic hydroxyl groups is 1. The summed E-state index contributed by atoms with van der Waals surface area (Å²) in [5.74, 6) is 1.22. The van der Waals surface area contributed by atoms with Crippen LogP contribution in [0.5, 0.6) is 0 Å². The molecule has 3 unspecified atom stereocenters. The summed E-state index contributed by atoms with van der Waals surface area (Å²) in [6.45, 7) is 2.11. The molecular formula is C16H23N3O2. The molecule has 1 amide bonds. The predicted molar refractivity (Wildman–Crippen MR) is 77.6 cm³/mol. The Labute approximate surface area is 124 Å². The number of carbonyl (C=O) groups excluding carboxylic acids is 1. The lowest BCUT2D eigenvalue weighted by molar-refractivity contribution is -0.171. The maximum absolute atomic E-state index is 12.3. The molecule has 0 spiro atoms. The van der Waals surface area contributed by atoms with E-state index in [9.17, 15) is 9.90 Å². The van der Waals surface area contributed by atoms with Gasteiger partial charge in [-0.2, -0.15) is 5.10 Å². The minimum atomic E-state index is -0.474. The molecule has 21 heavy (non-hydrogen) atoms. The summed E-state index contributed by atoms with van der Waals surface area (Å²) >= 11 is 0. The molecule has 1 heterocycles. The Morgan fingerprint density at radius 2 is 2.14 bits per heavy atom. The molecule has 1 aromatic heterocycles. The van der Waals surface area contributed by atoms with E-state index in [-0.39, 0.29) is 17.4 Å². The van der Waals surface area contributed by atoms with Gasteiger partial charge in [-0.1, -0.05) is 0 Å². The third-order valence-electron chi connectivity index (χ3n) is 6.10. The molecule has 0 aliphatic heterocycles. The minimum Gasteiger partial charge on any atom is -0.390 e. The van der Waals surface area contributed by atoms with Crippen LogP contribution in [0, 0.1) is 17.3 Å². The van der Waals surface area contributed by atoms with Crippen LogP contribution in [0.2, 0.25) is 0 Å². The third-order valence-corrected chi connectivity index (χ3v) is 6.10. The normalized spacial score (nSPS) is 42.0. The van der Waals surface area contributed by atoms with Crippen LogP contribution < -0.4 is 5.32 Å². The van der Waals surface area contributed by atoms with Crippen molar-refractivity contribution < 1.29 is 9.90 Å². The number of nitrogens with one attached hydrogen (secondary N) is 2. The highest BCUT2D eigenvalue weighted by Gasteiger charge is 2.58. The van der Waals surface area contributed by atoms with Gasteiger partial charge < -0.3 is 10.4 Å². The number of aromatic nitrogens is 2. The van der Waals surface area contributed by atoms with Gasteiger partial charge in [0, 0.05) is 12.2 Å². The Morgan fingerprint density at radius 1 is 1.43 bits per heavy atom. The smallest absolute Gasteiger partial charge is 0.254 e. The zero-order valence-electron chi connectivity index (χ0n) is 12.4. The molecule has 4 bridgehead atoms. The number of H-pyrrole nitrogens is 1. The zero-order chi connectivity index (χ0) is 14.7. The first-order valence-corrected chi connectivity index (χ1v) is 8.00. The highest BCUT2D eigenvalue weighted by molar-refractivity contribution is 5.93. The van der Waals surface area contributed by atoms with E-state index in [1.807, 2.05) is 0 Å². The number of nitrogens with zero attached hydrogens (tertiary/aromatic N) is 1. The van der Waals surface area contributed by atoms with E-state index >= 15 is 0 Å². The summed E-state index contributed by atoms with van der Waals surface area (Å²) in [5.41, 5.74) is 0.182. The number of carbonyl (C=O) groups is 1. The van der Waals surface area contributed by atoms with Gasteiger partial charge in [0.15, 0.2) is 0 Å². The van der Waals surface area contributed by atoms with Crippen molar-refractivity contribution in [1.29, 1.82) is 0 Å². The van der Waals surface area contributed by atoms with Gasteiger partial charge in [0.2, 0.25) is 0 Å². The lowest BCUT2D eigenvalue weighted by Gasteiger charge is -2.62. The molecular weight excluding hydrogens is 266 g/mol. The van der Waals surface area contributed by atoms with Crippen molar-refractivity contribution in [3.63, 3.8) is 0 Å². The fourth-order valence-corrected chi connectivity index (χ4v) is 5.60. The first-order valence-electron chi connectivity index (χ1n) is 8.00. The Balaban J connectivity index is 1.54. The van der Waals surface area contributed by atoms with Gasteiger partial charge >= 0.3 is 0 Å². The highest BCUT2D eigenvalue weighted by Crippen LogP contribution is 2.62. The zero-order valence-corrected chi connectivity index (χ0v) is 12.4. The average Bonchev–Trinajstić information content (AvgIpc) is 2.89. The number of hydrogen-bond acceptors (Lipinski definition) is 3. The van der Waals surface area contributed by atoms with Crippen molar-refractivity contribution in [1.82, 2.24) is 15.5 Å². The lowest BCUT2D eigenvalue weighted by atomic mass is 9.46. The van der Waals surface area contributed by atoms with Gasteiger partial charge in [-0.3, -0.25) is 9.89 Å². The summed E-state index contributed by atoms with van der Waals surface area (Å²) in [6, 6.07) is 0.0947. The molecule has 3 atom stereocenters. The summed E-state index contributed by atoms with van der Waals surface area (Å²) in [4.78, 5) is 12.3. The SMILES string of the molecule is CC(NC(=O)c1cn[nH]c1)C12CC3CC(CC(O)(C3)C1)C2. The van der Waals surface area contributed by atoms with Crippen molar-refractivity contribution in [2.75, 3.05) is 0 Å². The van der Waals surface area contributed by atoms with Crippen LogP contribution in [-0.4, -0.2) is 32.9 Å². The topological polar surface area (TPSA) is 78.0 Å². The largest absolute Gasteiger partial charge is 0.390 e. The number of aromatic amines is 1. The molecule has 1 aromatic rings. The molecule has 0 aromatic carbocycles. The van der Waals surface area contributed by atoms with E-state index in [2.05, 4.69) is 22.4 Å². The summed E-state index contributed by atoms with van der Waals surface area (Å²) in [7, 11) is 0. The first kappa shape index (κ1) is 13.3. The van der Waals surface area contributed by atoms with Crippen molar-refractivity contribution in [3.05, 3.63) is 18.0 Å². The first-order chi connectivity index (χ1) is 9.98. The van der Waals surface area contributed by atoms with Gasteiger partial charge in [0.25, 0.3) is 5.91 Å². The summed E-state index contributed by atoms with van der Waals surface area (Å²) < 4.78 is 0. The van der Waals surface area contributed by atoms with E-state index in [1.54, 1.807) is 12.4 Å². The molecule has 0 saturated heterocycles. The van der Waals surface area contributed by atoms with Crippen LogP contribution in [0.15, 0.2) is 12.4 Å². The number of hydrogen-bond donors (Lipinski definition) is 3. The number of rotatable bonds is 3. The van der Waals surface area contributed by atoms with Crippen LogP contribution in [0.3, 0.4) is 0 Å². The molecule has 5 heteroatoms. The van der Waals surface area contributed by atoms with Crippen molar-refractivity contribution >= 4 is 5.91 Å². The summed E-state index contributed by atoms with van der Waals surface area (Å²) in [6.07, 6.45) is 9.52. The molecule has 4 fully saturated rings. The van der Waals surface area contributed by atoms with Crippen molar-refractivity contribution in [3.8, 4) is 0 Å². The van der Waals surface area contributed by atoms with Gasteiger partial charge in [-0.25, -0.2) is 0 Å². The maximum Gasteiger partial charge on any atom is 0.254 e. The van der Waals surface area contributed by atoms with Gasteiger partial charge in [0.05, 0.1) is 17.4 Å². The van der Waals surface area contributed by atoms with Crippen LogP contribution in [-0.2, 0) is 0 Å². The molecule has 5 nitrogen and oxygen atoms in total. The fraction of sp³-hybridized carbons (Fsp3) is 0.750. The van der Waals surface area contributed by atoms with E-state index in [0.29, 0.717) is 17.4 Å². The second-order valence-corrected chi connectivity index (χ2v) is 7.73. The maximum atomic E-state index is 12.3. The van der Waals surface area contributed by atoms with E-state index in [1.165, 1.54) is 6.42 Å². The standard InChI is InChI=1S/C16H23N3O2/c1-10(19-14(20)13-7-17-18-8-13)15-3-11-2-12(4-15)6-16(21,5-11)9-15/h7-8,10-12,21H,2-6,9H2,1H3,(H,17,18)(H,19,20). The summed E-state index contributed by atoms with van der Waals surface area (Å²) in [5, 5.41) is 20.5. The quantitative estimate of drug-likeness (QED) is 0.794. The average molecular weight is 289 g/mol. The molecule has 5 rings (SSSR count). The minimum absolute atomic E-state index is 0.0704. The highest BCUT2D eigenvalue weighted by atomic mass is 16.3. The molecule has 0 radical (unpaired) electrons. The number of amides is 1. The Kier molecular flexibility index (Phi) is 2.74. The van der Waals surface area contributed by atoms with Crippen LogP contribution >= 0.6 is 0 Å². The predicted octanol–water partition coefficient (Wildman–Crippen LogP) is 1.86. The van der Waals surface area contributed by atoms with E-state index < -0.39 is 5.60 Å². The van der Waals surface area contributed by atoms with Crippen LogP contribution in [0.1, 0.15) is 55.8 Å². The Morgan fingerprint density at radius 3 is 2.71 bits per heavy atom. The second-order valence-electron chi connectivity index (χ2n) is 7.73.